The number of nitrogens with one attached hydrogen (secondary N) is 1. The fraction of sp³-hybridized carbons (Fsp3) is 0.345. The second-order valence-electron chi connectivity index (χ2n) is 10.4. The molecule has 2 aromatic carbocycles. The topological polar surface area (TPSA) is 111 Å². The summed E-state index contributed by atoms with van der Waals surface area (Å²) in [6.07, 6.45) is 0.745. The minimum Gasteiger partial charge on any atom is -0.448 e. The van der Waals surface area contributed by atoms with Gasteiger partial charge in [-0.15, -0.1) is 11.8 Å². The molecule has 41 heavy (non-hydrogen) atoms. The molecule has 3 aromatic rings. The van der Waals surface area contributed by atoms with E-state index in [-0.39, 0.29) is 11.6 Å². The zero-order valence-corrected chi connectivity index (χ0v) is 25.3. The molecule has 0 bridgehead atoms. The summed E-state index contributed by atoms with van der Waals surface area (Å²) in [5.74, 6) is 0.233. The number of amides is 2. The number of carbonyl (C=O) groups is 3. The first-order valence-corrected chi connectivity index (χ1v) is 15.9. The molecule has 3 heterocycles. The number of ether oxygens (including phenoxy) is 2. The molecule has 2 aliphatic rings. The minimum atomic E-state index is -0.797. The van der Waals surface area contributed by atoms with Gasteiger partial charge in [-0.05, 0) is 55.4 Å². The van der Waals surface area contributed by atoms with E-state index in [0.29, 0.717) is 17.9 Å². The number of nitrogens with zero attached hydrogens (tertiary/aromatic N) is 3. The van der Waals surface area contributed by atoms with Gasteiger partial charge >= 0.3 is 12.1 Å². The van der Waals surface area contributed by atoms with Gasteiger partial charge in [-0.1, -0.05) is 72.4 Å². The van der Waals surface area contributed by atoms with Gasteiger partial charge in [0.15, 0.2) is 10.4 Å². The number of thioether (sulfide) groups is 2. The predicted octanol–water partition coefficient (Wildman–Crippen LogP) is 5.42. The zero-order chi connectivity index (χ0) is 29.0. The molecule has 0 radical (unpaired) electrons. The number of β-lactam (4-membered cyclic amide) rings is 1. The quantitative estimate of drug-likeness (QED) is 0.193. The number of carbonyl (C=O) groups excluding carboxylic acids is 3. The number of alkyl carbamates (subject to hydrolysis) is 1. The monoisotopic (exact) mass is 610 g/mol. The molecule has 9 nitrogen and oxygen atoms in total. The highest BCUT2D eigenvalue weighted by atomic mass is 32.2. The van der Waals surface area contributed by atoms with Crippen LogP contribution in [0.5, 0.6) is 0 Å². The van der Waals surface area contributed by atoms with Gasteiger partial charge < -0.3 is 14.8 Å². The van der Waals surface area contributed by atoms with Crippen LogP contribution in [0.25, 0.3) is 0 Å². The highest BCUT2D eigenvalue weighted by molar-refractivity contribution is 8.01. The molecule has 1 fully saturated rings. The molecule has 1 aromatic heterocycles. The Labute approximate surface area is 251 Å². The van der Waals surface area contributed by atoms with Crippen molar-refractivity contribution >= 4 is 53.0 Å². The largest absolute Gasteiger partial charge is 0.448 e. The first-order chi connectivity index (χ1) is 19.7. The molecule has 0 aliphatic carbocycles. The Bertz CT molecular complexity index is 1370. The van der Waals surface area contributed by atoms with E-state index in [4.69, 9.17) is 9.47 Å². The van der Waals surface area contributed by atoms with E-state index < -0.39 is 35.2 Å². The molecule has 0 spiro atoms. The van der Waals surface area contributed by atoms with Crippen molar-refractivity contribution in [3.63, 3.8) is 0 Å². The standard InChI is InChI=1S/C29H30N4O5S3/c1-29(2,3)38-27(36)32-21-24(34)33-22(20(16-40-25(21)33)14-15-39-28-30-17-31-41-28)26(35)37-23(18-10-6-4-7-11-18)19-12-8-5-9-13-19/h4-13,17,21,23,25H,14-16H2,1-3H3,(H,32,36)/t21-,25-/m1/s1. The summed E-state index contributed by atoms with van der Waals surface area (Å²) in [7, 11) is 0. The minimum absolute atomic E-state index is 0.246. The summed E-state index contributed by atoms with van der Waals surface area (Å²) >= 11 is 4.37. The smallest absolute Gasteiger partial charge is 0.408 e. The SMILES string of the molecule is CC(C)(C)OC(=O)N[C@@H]1C(=O)N2C(C(=O)OC(c3ccccc3)c3ccccc3)=C(CCSc3ncns3)CS[C@H]12. The molecule has 214 valence electrons. The number of esters is 1. The van der Waals surface area contributed by atoms with Gasteiger partial charge in [0.05, 0.1) is 0 Å². The summed E-state index contributed by atoms with van der Waals surface area (Å²) < 4.78 is 16.4. The number of hydrogen-bond acceptors (Lipinski definition) is 10. The van der Waals surface area contributed by atoms with Crippen LogP contribution < -0.4 is 5.32 Å². The molecule has 2 atom stereocenters. The Balaban J connectivity index is 1.41. The van der Waals surface area contributed by atoms with Crippen LogP contribution in [-0.2, 0) is 19.1 Å². The maximum absolute atomic E-state index is 14.0. The molecule has 2 amide bonds. The average molecular weight is 611 g/mol. The summed E-state index contributed by atoms with van der Waals surface area (Å²) in [6, 6.07) is 18.2. The molecule has 5 rings (SSSR count). The maximum atomic E-state index is 14.0. The Morgan fingerprint density at radius 2 is 1.76 bits per heavy atom. The van der Waals surface area contributed by atoms with Crippen LogP contribution in [0.15, 0.2) is 82.6 Å². The Morgan fingerprint density at radius 1 is 1.10 bits per heavy atom. The van der Waals surface area contributed by atoms with Gasteiger partial charge in [0.2, 0.25) is 0 Å². The van der Waals surface area contributed by atoms with Crippen molar-refractivity contribution in [2.24, 2.45) is 0 Å². The van der Waals surface area contributed by atoms with Crippen molar-refractivity contribution in [1.82, 2.24) is 19.6 Å². The van der Waals surface area contributed by atoms with Crippen LogP contribution in [0.3, 0.4) is 0 Å². The van der Waals surface area contributed by atoms with Crippen LogP contribution in [0.1, 0.15) is 44.4 Å². The van der Waals surface area contributed by atoms with E-state index in [0.717, 1.165) is 21.0 Å². The number of benzene rings is 2. The van der Waals surface area contributed by atoms with Gasteiger partial charge in [0, 0.05) is 11.5 Å². The second kappa shape index (κ2) is 12.7. The normalized spacial score (nSPS) is 18.5. The first kappa shape index (κ1) is 29.2. The van der Waals surface area contributed by atoms with Crippen molar-refractivity contribution in [3.8, 4) is 0 Å². The number of aromatic nitrogens is 2. The molecule has 0 unspecified atom stereocenters. The number of hydrogen-bond donors (Lipinski definition) is 1. The molecule has 12 heteroatoms. The average Bonchev–Trinajstić information content (AvgIpc) is 3.48. The Hall–Kier alpha value is -3.35. The van der Waals surface area contributed by atoms with Crippen LogP contribution in [0.2, 0.25) is 0 Å². The van der Waals surface area contributed by atoms with Crippen molar-refractivity contribution in [2.75, 3.05) is 11.5 Å². The summed E-state index contributed by atoms with van der Waals surface area (Å²) in [5, 5.41) is 2.24. The highest BCUT2D eigenvalue weighted by Crippen LogP contribution is 2.43. The van der Waals surface area contributed by atoms with E-state index in [2.05, 4.69) is 14.7 Å². The Morgan fingerprint density at radius 3 is 2.34 bits per heavy atom. The predicted molar refractivity (Wildman–Crippen MR) is 159 cm³/mol. The highest BCUT2D eigenvalue weighted by Gasteiger charge is 2.55. The molecular weight excluding hydrogens is 581 g/mol. The van der Waals surface area contributed by atoms with E-state index in [1.165, 1.54) is 34.5 Å². The lowest BCUT2D eigenvalue weighted by molar-refractivity contribution is -0.153. The van der Waals surface area contributed by atoms with E-state index in [9.17, 15) is 14.4 Å². The number of rotatable bonds is 9. The third kappa shape index (κ3) is 6.94. The van der Waals surface area contributed by atoms with Crippen molar-refractivity contribution in [2.45, 2.75) is 54.7 Å². The van der Waals surface area contributed by atoms with Crippen molar-refractivity contribution in [3.05, 3.63) is 89.4 Å². The summed E-state index contributed by atoms with van der Waals surface area (Å²) in [4.78, 5) is 45.5. The summed E-state index contributed by atoms with van der Waals surface area (Å²) in [5.41, 5.74) is 2.00. The lowest BCUT2D eigenvalue weighted by Gasteiger charge is -2.49. The zero-order valence-electron chi connectivity index (χ0n) is 22.8. The fourth-order valence-corrected chi connectivity index (χ4v) is 7.43. The van der Waals surface area contributed by atoms with Gasteiger partial charge in [-0.3, -0.25) is 9.69 Å². The first-order valence-electron chi connectivity index (χ1n) is 13.1. The fourth-order valence-electron chi connectivity index (χ4n) is 4.53. The molecule has 1 saturated heterocycles. The molecule has 0 saturated carbocycles. The molecule has 1 N–H and O–H groups in total. The van der Waals surface area contributed by atoms with Crippen LogP contribution in [0, 0.1) is 0 Å². The van der Waals surface area contributed by atoms with Crippen LogP contribution in [0.4, 0.5) is 4.79 Å². The lowest BCUT2D eigenvalue weighted by Crippen LogP contribution is -2.70. The molecular formula is C29H30N4O5S3. The third-order valence-corrected chi connectivity index (χ3v) is 9.45. The third-order valence-electron chi connectivity index (χ3n) is 6.31. The van der Waals surface area contributed by atoms with Gasteiger partial charge in [-0.25, -0.2) is 14.6 Å². The van der Waals surface area contributed by atoms with Crippen LogP contribution in [-0.4, -0.2) is 60.7 Å². The van der Waals surface area contributed by atoms with Crippen LogP contribution >= 0.6 is 35.1 Å². The Kier molecular flexibility index (Phi) is 9.00. The lowest BCUT2D eigenvalue weighted by atomic mass is 10.00. The van der Waals surface area contributed by atoms with Crippen molar-refractivity contribution < 1.29 is 23.9 Å². The van der Waals surface area contributed by atoms with Crippen molar-refractivity contribution in [1.29, 1.82) is 0 Å². The second-order valence-corrected chi connectivity index (χ2v) is 13.6. The molecule has 2 aliphatic heterocycles. The van der Waals surface area contributed by atoms with Gasteiger partial charge in [-0.2, -0.15) is 4.37 Å². The van der Waals surface area contributed by atoms with E-state index in [1.54, 1.807) is 32.5 Å². The van der Waals surface area contributed by atoms with Gasteiger partial charge in [0.25, 0.3) is 5.91 Å². The maximum Gasteiger partial charge on any atom is 0.408 e. The summed E-state index contributed by atoms with van der Waals surface area (Å²) in [6.45, 7) is 5.28. The van der Waals surface area contributed by atoms with E-state index >= 15 is 0 Å². The van der Waals surface area contributed by atoms with E-state index in [1.807, 2.05) is 60.7 Å². The van der Waals surface area contributed by atoms with Gasteiger partial charge in [0.1, 0.15) is 29.0 Å². The number of fused-ring (bicyclic) bond motifs is 1.